The maximum absolute atomic E-state index is 12.7. The molecule has 4 saturated heterocycles. The van der Waals surface area contributed by atoms with Crippen molar-refractivity contribution in [3.8, 4) is 0 Å². The summed E-state index contributed by atoms with van der Waals surface area (Å²) in [5.41, 5.74) is 0. The van der Waals surface area contributed by atoms with Gasteiger partial charge in [0.1, 0.15) is 79.7 Å². The highest BCUT2D eigenvalue weighted by Crippen LogP contribution is 2.37. The van der Waals surface area contributed by atoms with Crippen molar-refractivity contribution < 1.29 is 185 Å². The molecule has 0 bridgehead atoms. The van der Waals surface area contributed by atoms with Crippen LogP contribution in [-0.4, -0.2) is 282 Å². The Morgan fingerprint density at radius 3 is 1.39 bits per heavy atom. The summed E-state index contributed by atoms with van der Waals surface area (Å²) in [6.45, 7) is -3.02. The molecule has 0 spiro atoms. The number of amides is 1. The molecule has 47 heteroatoms. The van der Waals surface area contributed by atoms with Crippen LogP contribution >= 0.6 is 0 Å². The highest BCUT2D eigenvalue weighted by molar-refractivity contribution is 7.83. The van der Waals surface area contributed by atoms with Crippen LogP contribution in [0.25, 0.3) is 0 Å². The van der Waals surface area contributed by atoms with Gasteiger partial charge in [-0.3, -0.25) is 27.6 Å². The largest absolute Gasteiger partial charge is 0.480 e. The number of rotatable bonds is 22. The van der Waals surface area contributed by atoms with Crippen molar-refractivity contribution in [3.63, 3.8) is 0 Å². The first-order valence-electron chi connectivity index (χ1n) is 19.6. The predicted molar refractivity (Wildman–Crippen MR) is 215 cm³/mol. The third-order valence-electron chi connectivity index (χ3n) is 9.82. The Hall–Kier alpha value is -3.33. The number of hydrogen-bond donors (Lipinski definition) is 17. The van der Waals surface area contributed by atoms with E-state index in [1.807, 2.05) is 5.32 Å². The first-order chi connectivity index (χ1) is 34.1. The fraction of sp³-hybridized carbons (Fsp3) is 0.857. The van der Waals surface area contributed by atoms with Crippen LogP contribution in [0.2, 0.25) is 0 Å². The molecular formula is C28H46N2O40S5. The number of ether oxygens (including phenoxy) is 7. The standard InChI is InChI=1S/C26H42N2O37S5.C2H4O3/c1-4(30)27-7-9(31)13(6(56-23(7)39)3-55-67(43,44)45)58-26-19(65-70(52,53)54)12(34)16(20(62-26)22(37)38)60-24-8(28-66(40,41)42)15(63-68(46,47)48)14(5(2-29)57-24)59-25-18(64-69(49,50)51)11(33)10(32)17(61-25)21(35)36;3-1-2(4)5/h5-20,23-26,28-29,31-34,39H,2-3H2,1H3,(H,27,30)(H,35,36)(H,37,38)(H,40,41,42)(H,43,44,45)(H,46,47,48)(H,49,50,51)(H,52,53,54);3H,1H2,(H,4,5)/t5-,6+,7-,8-,9-,10-,11-,12+,13-,14-,15-,16+,17-,18+,19-,20+,23-,24+,25+,26-;/m1./s1. The Morgan fingerprint density at radius 1 is 0.507 bits per heavy atom. The van der Waals surface area contributed by atoms with Crippen molar-refractivity contribution >= 4 is 75.7 Å². The minimum atomic E-state index is -6.09. The number of aliphatic hydroxyl groups is 7. The van der Waals surface area contributed by atoms with Crippen LogP contribution in [0.5, 0.6) is 0 Å². The molecule has 4 rings (SSSR count). The smallest absolute Gasteiger partial charge is 0.397 e. The van der Waals surface area contributed by atoms with Crippen LogP contribution < -0.4 is 10.0 Å². The van der Waals surface area contributed by atoms with Crippen molar-refractivity contribution in [2.45, 2.75) is 130 Å². The summed E-state index contributed by atoms with van der Waals surface area (Å²) in [5.74, 6) is -6.68. The summed E-state index contributed by atoms with van der Waals surface area (Å²) in [6, 6.07) is -4.96. The zero-order valence-corrected chi connectivity index (χ0v) is 40.7. The third-order valence-corrected chi connectivity index (χ3v) is 12.2. The number of carbonyl (C=O) groups excluding carboxylic acids is 1. The zero-order chi connectivity index (χ0) is 57.7. The average Bonchev–Trinajstić information content (AvgIpc) is 3.23. The second kappa shape index (κ2) is 26.1. The zero-order valence-electron chi connectivity index (χ0n) is 36.6. The van der Waals surface area contributed by atoms with Crippen molar-refractivity contribution in [3.05, 3.63) is 0 Å². The van der Waals surface area contributed by atoms with E-state index < -0.39 is 218 Å². The fourth-order valence-electron chi connectivity index (χ4n) is 7.05. The molecule has 4 aliphatic heterocycles. The molecule has 0 unspecified atom stereocenters. The third kappa shape index (κ3) is 19.5. The van der Waals surface area contributed by atoms with Crippen LogP contribution in [0.3, 0.4) is 0 Å². The van der Waals surface area contributed by atoms with E-state index in [9.17, 15) is 116 Å². The molecule has 0 aliphatic carbocycles. The number of nitrogens with one attached hydrogen (secondary N) is 2. The molecule has 0 aromatic heterocycles. The van der Waals surface area contributed by atoms with Crippen molar-refractivity contribution in [2.75, 3.05) is 19.8 Å². The molecule has 0 radical (unpaired) electrons. The molecule has 4 heterocycles. The van der Waals surface area contributed by atoms with E-state index in [1.54, 1.807) is 0 Å². The van der Waals surface area contributed by atoms with Gasteiger partial charge in [0.15, 0.2) is 49.6 Å². The lowest BCUT2D eigenvalue weighted by Crippen LogP contribution is -2.71. The Morgan fingerprint density at radius 2 is 0.960 bits per heavy atom. The lowest BCUT2D eigenvalue weighted by atomic mass is 9.94. The lowest BCUT2D eigenvalue weighted by Gasteiger charge is -2.50. The Balaban J connectivity index is 0.00000282. The van der Waals surface area contributed by atoms with Crippen molar-refractivity contribution in [1.82, 2.24) is 10.0 Å². The summed E-state index contributed by atoms with van der Waals surface area (Å²) in [6.07, 6.45) is -49.1. The van der Waals surface area contributed by atoms with Gasteiger partial charge in [0.25, 0.3) is 0 Å². The van der Waals surface area contributed by atoms with Gasteiger partial charge in [-0.2, -0.15) is 46.8 Å². The van der Waals surface area contributed by atoms with Crippen LogP contribution in [-0.2, 0) is 121 Å². The van der Waals surface area contributed by atoms with Crippen LogP contribution in [0, 0.1) is 0 Å². The van der Waals surface area contributed by atoms with E-state index in [0.29, 0.717) is 0 Å². The van der Waals surface area contributed by atoms with Gasteiger partial charge in [-0.25, -0.2) is 31.1 Å². The first kappa shape index (κ1) is 66.0. The Bertz CT molecular complexity index is 2570. The van der Waals surface area contributed by atoms with E-state index in [1.165, 1.54) is 4.72 Å². The lowest BCUT2D eigenvalue weighted by molar-refractivity contribution is -0.366. The summed E-state index contributed by atoms with van der Waals surface area (Å²) in [5, 5.41) is 101. The maximum Gasteiger partial charge on any atom is 0.397 e. The van der Waals surface area contributed by atoms with Crippen molar-refractivity contribution in [2.24, 2.45) is 0 Å². The SMILES string of the molecule is CC(=O)N[C@@H]1[C@@H](O)[C@H](O[C@@H]2O[C@H](C(=O)O)[C@@H](O[C@@H]3O[C@H](CO)[C@@H](O[C@H]4O[C@@H](C(=O)O)[C@H](O)[C@@H](O)[C@@H]4OS(=O)(=O)O)[C@H](OS(=O)(=O)O)[C@H]3NS(=O)(=O)O)[C@H](O)[C@H]2OS(=O)(=O)O)[C@H](COS(=O)(=O)O)O[C@H]1O.O=C(O)CO. The summed E-state index contributed by atoms with van der Waals surface area (Å²) in [4.78, 5) is 45.5. The van der Waals surface area contributed by atoms with Gasteiger partial charge in [0, 0.05) is 6.92 Å². The molecular weight excluding hydrogens is 1160 g/mol. The highest BCUT2D eigenvalue weighted by atomic mass is 32.3. The van der Waals surface area contributed by atoms with E-state index in [0.717, 1.165) is 6.92 Å². The fourth-order valence-corrected chi connectivity index (χ4v) is 9.43. The van der Waals surface area contributed by atoms with E-state index >= 15 is 0 Å². The molecule has 20 atom stereocenters. The van der Waals surface area contributed by atoms with Crippen LogP contribution in [0.4, 0.5) is 0 Å². The average molecular weight is 1210 g/mol. The van der Waals surface area contributed by atoms with Crippen LogP contribution in [0.15, 0.2) is 0 Å². The van der Waals surface area contributed by atoms with Gasteiger partial charge < -0.3 is 89.5 Å². The van der Waals surface area contributed by atoms with Gasteiger partial charge in [-0.05, 0) is 0 Å². The van der Waals surface area contributed by atoms with Gasteiger partial charge in [0.2, 0.25) is 5.91 Å². The molecule has 17 N–H and O–H groups in total. The minimum absolute atomic E-state index is 0.778. The predicted octanol–water partition coefficient (Wildman–Crippen LogP) is -11.6. The van der Waals surface area contributed by atoms with Gasteiger partial charge in [0.05, 0.1) is 13.2 Å². The Kier molecular flexibility index (Phi) is 22.9. The number of carboxylic acid groups (broad SMARTS) is 3. The molecule has 4 fully saturated rings. The molecule has 42 nitrogen and oxygen atoms in total. The molecule has 1 amide bonds. The van der Waals surface area contributed by atoms with Gasteiger partial charge >= 0.3 is 69.8 Å². The number of carbonyl (C=O) groups is 4. The summed E-state index contributed by atoms with van der Waals surface area (Å²) < 4.78 is 222. The van der Waals surface area contributed by atoms with E-state index in [2.05, 4.69) is 16.7 Å². The number of aliphatic hydroxyl groups excluding tert-OH is 7. The second-order valence-electron chi connectivity index (χ2n) is 15.2. The van der Waals surface area contributed by atoms with Crippen LogP contribution in [0.1, 0.15) is 6.92 Å². The molecule has 0 aromatic carbocycles. The monoisotopic (exact) mass is 1210 g/mol. The van der Waals surface area contributed by atoms with E-state index in [-0.39, 0.29) is 0 Å². The summed E-state index contributed by atoms with van der Waals surface area (Å²) in [7, 11) is -29.1. The summed E-state index contributed by atoms with van der Waals surface area (Å²) >= 11 is 0. The maximum atomic E-state index is 12.7. The second-order valence-corrected chi connectivity index (χ2v) is 20.6. The molecule has 438 valence electrons. The van der Waals surface area contributed by atoms with Gasteiger partial charge in [-0.1, -0.05) is 0 Å². The number of carboxylic acids is 3. The topological polar surface area (TPSA) is 668 Å². The molecule has 0 saturated carbocycles. The molecule has 0 aromatic rings. The number of aliphatic carboxylic acids is 3. The minimum Gasteiger partial charge on any atom is -0.480 e. The first-order valence-corrected chi connectivity index (χ1v) is 26.5. The van der Waals surface area contributed by atoms with Gasteiger partial charge in [-0.15, -0.1) is 0 Å². The number of hydrogen-bond acceptors (Lipinski definition) is 32. The normalized spacial score (nSPS) is 37.1. The molecule has 4 aliphatic rings. The molecule has 75 heavy (non-hydrogen) atoms. The quantitative estimate of drug-likeness (QED) is 0.0448. The Labute approximate surface area is 419 Å². The van der Waals surface area contributed by atoms with Crippen molar-refractivity contribution in [1.29, 1.82) is 0 Å². The van der Waals surface area contributed by atoms with E-state index in [4.69, 9.17) is 52.7 Å². The highest BCUT2D eigenvalue weighted by Gasteiger charge is 2.60.